The van der Waals surface area contributed by atoms with Gasteiger partial charge in [-0.25, -0.2) is 0 Å². The van der Waals surface area contributed by atoms with Gasteiger partial charge in [-0.15, -0.1) is 13.2 Å². The summed E-state index contributed by atoms with van der Waals surface area (Å²) in [6, 6.07) is -0.882. The second-order valence-electron chi connectivity index (χ2n) is 11.7. The van der Waals surface area contributed by atoms with E-state index in [1.807, 2.05) is 6.92 Å². The van der Waals surface area contributed by atoms with Crippen molar-refractivity contribution in [3.8, 4) is 0 Å². The predicted molar refractivity (Wildman–Crippen MR) is 155 cm³/mol. The van der Waals surface area contributed by atoms with Crippen molar-refractivity contribution < 1.29 is 33.8 Å². The van der Waals surface area contributed by atoms with E-state index in [1.165, 1.54) is 0 Å². The van der Waals surface area contributed by atoms with Crippen LogP contribution in [0.5, 0.6) is 0 Å². The number of allylic oxidation sites excluding steroid dienone is 1. The Balaban J connectivity index is 1.84. The first-order chi connectivity index (χ1) is 19.7. The maximum atomic E-state index is 14.3. The molecule has 0 aliphatic carbocycles. The van der Waals surface area contributed by atoms with E-state index >= 15 is 0 Å². The molecule has 0 radical (unpaired) electrons. The Morgan fingerprint density at radius 1 is 1.24 bits per heavy atom. The van der Waals surface area contributed by atoms with E-state index in [0.29, 0.717) is 58.0 Å². The fraction of sp³-hybridized carbons (Fsp3) is 0.742. The fourth-order valence-corrected chi connectivity index (χ4v) is 6.77. The van der Waals surface area contributed by atoms with Crippen molar-refractivity contribution in [2.75, 3.05) is 26.2 Å². The summed E-state index contributed by atoms with van der Waals surface area (Å²) in [5.41, 5.74) is -1.09. The Hall–Kier alpha value is -2.72. The number of likely N-dealkylation sites (tertiary alicyclic amines) is 1. The number of rotatable bonds is 18. The van der Waals surface area contributed by atoms with Crippen molar-refractivity contribution in [3.05, 3.63) is 25.3 Å². The molecule has 0 saturated carbocycles. The van der Waals surface area contributed by atoms with Gasteiger partial charge >= 0.3 is 5.97 Å². The summed E-state index contributed by atoms with van der Waals surface area (Å²) in [5.74, 6) is -2.72. The van der Waals surface area contributed by atoms with Crippen molar-refractivity contribution >= 4 is 23.7 Å². The third-order valence-corrected chi connectivity index (χ3v) is 8.69. The third kappa shape index (κ3) is 7.02. The van der Waals surface area contributed by atoms with Crippen LogP contribution in [0.2, 0.25) is 0 Å². The standard InChI is InChI=1S/C31H49N3O7/c1-6-9-14-24(36)32-20-22(5)40-30(39)25-23-15-16-31(41-23)26(25)28(37)34(18-11-10-12-19-35)27(31)29(38)33(17-8-3)21(4)13-7-2/h6,8,21-23,25-27,35H,1,3,7,9-20H2,2,4-5H3,(H,32,36)/t21?,22-,23+,25-,26-,27+,31-/m1/s1. The van der Waals surface area contributed by atoms with Crippen molar-refractivity contribution in [3.63, 3.8) is 0 Å². The van der Waals surface area contributed by atoms with Crippen molar-refractivity contribution in [1.29, 1.82) is 0 Å². The van der Waals surface area contributed by atoms with Crippen LogP contribution in [-0.4, -0.2) is 94.7 Å². The first kappa shape index (κ1) is 32.8. The van der Waals surface area contributed by atoms with Crippen LogP contribution in [0.4, 0.5) is 0 Å². The van der Waals surface area contributed by atoms with Crippen LogP contribution in [-0.2, 0) is 28.7 Å². The molecule has 230 valence electrons. The van der Waals surface area contributed by atoms with E-state index in [0.717, 1.165) is 12.8 Å². The molecule has 3 fully saturated rings. The van der Waals surface area contributed by atoms with E-state index in [-0.39, 0.29) is 36.9 Å². The summed E-state index contributed by atoms with van der Waals surface area (Å²) in [7, 11) is 0. The maximum absolute atomic E-state index is 14.3. The number of unbranched alkanes of at least 4 members (excludes halogenated alkanes) is 2. The molecule has 3 rings (SSSR count). The maximum Gasteiger partial charge on any atom is 0.312 e. The van der Waals surface area contributed by atoms with Gasteiger partial charge in [-0.3, -0.25) is 19.2 Å². The number of aliphatic hydroxyl groups is 1. The van der Waals surface area contributed by atoms with E-state index < -0.39 is 41.7 Å². The largest absolute Gasteiger partial charge is 0.460 e. The zero-order chi connectivity index (χ0) is 30.2. The number of amides is 3. The van der Waals surface area contributed by atoms with E-state index in [9.17, 15) is 24.3 Å². The number of nitrogens with one attached hydrogen (secondary N) is 1. The Morgan fingerprint density at radius 3 is 2.66 bits per heavy atom. The molecule has 0 aromatic rings. The first-order valence-electron chi connectivity index (χ1n) is 15.2. The van der Waals surface area contributed by atoms with Crippen molar-refractivity contribution in [2.45, 2.75) is 108 Å². The van der Waals surface area contributed by atoms with Crippen LogP contribution in [0.15, 0.2) is 25.3 Å². The molecule has 7 atom stereocenters. The van der Waals surface area contributed by atoms with Gasteiger partial charge in [-0.05, 0) is 58.8 Å². The minimum absolute atomic E-state index is 0.0470. The second kappa shape index (κ2) is 15.0. The lowest BCUT2D eigenvalue weighted by Gasteiger charge is -2.39. The summed E-state index contributed by atoms with van der Waals surface area (Å²) in [5, 5.41) is 12.0. The first-order valence-corrected chi connectivity index (χ1v) is 15.2. The zero-order valence-electron chi connectivity index (χ0n) is 25.0. The fourth-order valence-electron chi connectivity index (χ4n) is 6.77. The molecule has 10 nitrogen and oxygen atoms in total. The monoisotopic (exact) mass is 575 g/mol. The summed E-state index contributed by atoms with van der Waals surface area (Å²) in [6.07, 6.45) is 7.90. The molecular weight excluding hydrogens is 526 g/mol. The molecule has 3 amide bonds. The topological polar surface area (TPSA) is 125 Å². The molecule has 1 spiro atoms. The number of esters is 1. The molecule has 0 aromatic carbocycles. The highest BCUT2D eigenvalue weighted by molar-refractivity contribution is 5.98. The summed E-state index contributed by atoms with van der Waals surface area (Å²) in [6.45, 7) is 14.2. The molecule has 3 heterocycles. The molecule has 1 unspecified atom stereocenters. The average molecular weight is 576 g/mol. The Kier molecular flexibility index (Phi) is 12.0. The lowest BCUT2D eigenvalue weighted by Crippen LogP contribution is -2.57. The van der Waals surface area contributed by atoms with Gasteiger partial charge in [0.15, 0.2) is 0 Å². The highest BCUT2D eigenvalue weighted by Crippen LogP contribution is 2.59. The smallest absolute Gasteiger partial charge is 0.312 e. The number of carbonyl (C=O) groups excluding carboxylic acids is 4. The molecule has 3 saturated heterocycles. The van der Waals surface area contributed by atoms with E-state index in [4.69, 9.17) is 9.47 Å². The summed E-state index contributed by atoms with van der Waals surface area (Å²) >= 11 is 0. The summed E-state index contributed by atoms with van der Waals surface area (Å²) in [4.78, 5) is 57.3. The minimum atomic E-state index is -1.09. The minimum Gasteiger partial charge on any atom is -0.460 e. The van der Waals surface area contributed by atoms with Crippen LogP contribution in [0, 0.1) is 11.8 Å². The number of fused-ring (bicyclic) bond motifs is 1. The van der Waals surface area contributed by atoms with Crippen LogP contribution in [0.1, 0.15) is 78.6 Å². The lowest BCUT2D eigenvalue weighted by molar-refractivity contribution is -0.159. The molecular formula is C31H49N3O7. The van der Waals surface area contributed by atoms with Crippen molar-refractivity contribution in [2.24, 2.45) is 11.8 Å². The molecule has 41 heavy (non-hydrogen) atoms. The van der Waals surface area contributed by atoms with Gasteiger partial charge in [0.25, 0.3) is 0 Å². The third-order valence-electron chi connectivity index (χ3n) is 8.69. The quantitative estimate of drug-likeness (QED) is 0.146. The van der Waals surface area contributed by atoms with Crippen LogP contribution >= 0.6 is 0 Å². The number of hydrogen-bond donors (Lipinski definition) is 2. The number of hydrogen-bond acceptors (Lipinski definition) is 7. The van der Waals surface area contributed by atoms with Gasteiger partial charge < -0.3 is 29.7 Å². The second-order valence-corrected chi connectivity index (χ2v) is 11.7. The average Bonchev–Trinajstić information content (AvgIpc) is 3.58. The Labute approximate surface area is 244 Å². The van der Waals surface area contributed by atoms with Gasteiger partial charge in [-0.1, -0.05) is 25.5 Å². The molecule has 3 aliphatic heterocycles. The lowest BCUT2D eigenvalue weighted by atomic mass is 9.70. The highest BCUT2D eigenvalue weighted by atomic mass is 16.6. The van der Waals surface area contributed by atoms with E-state index in [2.05, 4.69) is 25.4 Å². The highest BCUT2D eigenvalue weighted by Gasteiger charge is 2.75. The van der Waals surface area contributed by atoms with Crippen LogP contribution < -0.4 is 5.32 Å². The molecule has 3 aliphatic rings. The Morgan fingerprint density at radius 2 is 2.00 bits per heavy atom. The van der Waals surface area contributed by atoms with Crippen LogP contribution in [0.3, 0.4) is 0 Å². The van der Waals surface area contributed by atoms with Gasteiger partial charge in [0.2, 0.25) is 17.7 Å². The predicted octanol–water partition coefficient (Wildman–Crippen LogP) is 2.74. The van der Waals surface area contributed by atoms with E-state index in [1.54, 1.807) is 28.9 Å². The van der Waals surface area contributed by atoms with Gasteiger partial charge in [0, 0.05) is 32.2 Å². The molecule has 0 aromatic heterocycles. The number of carbonyl (C=O) groups is 4. The SMILES string of the molecule is C=CCCC(=O)NC[C@@H](C)OC(=O)[C@@H]1[C@@H]2CC[C@]3(O2)[C@H](C(=O)N(CC=C)C(C)CCC)N(CCCCCO)C(=O)[C@@H]13. The van der Waals surface area contributed by atoms with Gasteiger partial charge in [0.05, 0.1) is 24.5 Å². The normalized spacial score (nSPS) is 27.7. The zero-order valence-corrected chi connectivity index (χ0v) is 25.0. The summed E-state index contributed by atoms with van der Waals surface area (Å²) < 4.78 is 12.3. The molecule has 2 N–H and O–H groups in total. The molecule has 10 heteroatoms. The van der Waals surface area contributed by atoms with Gasteiger partial charge in [-0.2, -0.15) is 0 Å². The molecule has 2 bridgehead atoms. The van der Waals surface area contributed by atoms with Crippen LogP contribution in [0.25, 0.3) is 0 Å². The Bertz CT molecular complexity index is 971. The number of nitrogens with zero attached hydrogens (tertiary/aromatic N) is 2. The number of aliphatic hydroxyl groups excluding tert-OH is 1. The van der Waals surface area contributed by atoms with Crippen molar-refractivity contribution in [1.82, 2.24) is 15.1 Å². The van der Waals surface area contributed by atoms with Gasteiger partial charge in [0.1, 0.15) is 17.7 Å². The number of ether oxygens (including phenoxy) is 2.